The lowest BCUT2D eigenvalue weighted by atomic mass is 10.2. The highest BCUT2D eigenvalue weighted by Gasteiger charge is 2.13. The molecule has 0 aliphatic heterocycles. The van der Waals surface area contributed by atoms with Crippen molar-refractivity contribution in [1.29, 1.82) is 0 Å². The fourth-order valence-electron chi connectivity index (χ4n) is 1.74. The number of aromatic nitrogens is 1. The zero-order valence-electron chi connectivity index (χ0n) is 11.0. The summed E-state index contributed by atoms with van der Waals surface area (Å²) in [5.41, 5.74) is 1.71. The van der Waals surface area contributed by atoms with Gasteiger partial charge in [-0.2, -0.15) is 0 Å². The Bertz CT molecular complexity index is 573. The van der Waals surface area contributed by atoms with E-state index in [1.807, 2.05) is 18.2 Å². The first-order valence-corrected chi connectivity index (χ1v) is 7.40. The van der Waals surface area contributed by atoms with Gasteiger partial charge in [0, 0.05) is 41.6 Å². The van der Waals surface area contributed by atoms with Crippen LogP contribution < -0.4 is 5.32 Å². The predicted octanol–water partition coefficient (Wildman–Crippen LogP) is 4.35. The van der Waals surface area contributed by atoms with Crippen molar-refractivity contribution in [2.24, 2.45) is 0 Å². The normalized spacial score (nSPS) is 11.1. The minimum atomic E-state index is -0.484. The van der Waals surface area contributed by atoms with Gasteiger partial charge < -0.3 is 14.8 Å². The van der Waals surface area contributed by atoms with Gasteiger partial charge >= 0.3 is 0 Å². The monoisotopic (exact) mass is 332 g/mol. The molecule has 20 heavy (non-hydrogen) atoms. The standard InChI is InChI=1S/C13H14Cl2N2O2S/c1-18-12(19-2)10-5-8(3-4-11(10)14)16-6-9-7-17-13(15)20-9/h3-5,7,12,16H,6H2,1-2H3. The van der Waals surface area contributed by atoms with Crippen molar-refractivity contribution in [2.75, 3.05) is 19.5 Å². The number of rotatable bonds is 6. The Labute approximate surface area is 131 Å². The van der Waals surface area contributed by atoms with Crippen molar-refractivity contribution in [3.05, 3.63) is 44.3 Å². The Kier molecular flexibility index (Phi) is 5.63. The van der Waals surface area contributed by atoms with Crippen LogP contribution in [0.1, 0.15) is 16.7 Å². The van der Waals surface area contributed by atoms with Crippen LogP contribution in [0.2, 0.25) is 9.49 Å². The maximum atomic E-state index is 6.16. The molecule has 0 atom stereocenters. The largest absolute Gasteiger partial charge is 0.380 e. The molecule has 2 aromatic rings. The van der Waals surface area contributed by atoms with E-state index < -0.39 is 6.29 Å². The van der Waals surface area contributed by atoms with Gasteiger partial charge in [-0.15, -0.1) is 11.3 Å². The quantitative estimate of drug-likeness (QED) is 0.798. The Morgan fingerprint density at radius 3 is 2.65 bits per heavy atom. The van der Waals surface area contributed by atoms with E-state index >= 15 is 0 Å². The smallest absolute Gasteiger partial charge is 0.184 e. The molecular formula is C13H14Cl2N2O2S. The first-order chi connectivity index (χ1) is 9.63. The molecule has 4 nitrogen and oxygen atoms in total. The summed E-state index contributed by atoms with van der Waals surface area (Å²) in [6, 6.07) is 5.61. The maximum absolute atomic E-state index is 6.16. The van der Waals surface area contributed by atoms with Crippen molar-refractivity contribution in [3.8, 4) is 0 Å². The lowest BCUT2D eigenvalue weighted by Gasteiger charge is -2.16. The highest BCUT2D eigenvalue weighted by atomic mass is 35.5. The molecule has 0 saturated heterocycles. The van der Waals surface area contributed by atoms with Gasteiger partial charge in [-0.25, -0.2) is 4.98 Å². The Hall–Kier alpha value is -0.850. The highest BCUT2D eigenvalue weighted by Crippen LogP contribution is 2.29. The van der Waals surface area contributed by atoms with Crippen LogP contribution in [-0.4, -0.2) is 19.2 Å². The fraction of sp³-hybridized carbons (Fsp3) is 0.308. The minimum Gasteiger partial charge on any atom is -0.380 e. The molecule has 108 valence electrons. The number of hydrogen-bond acceptors (Lipinski definition) is 5. The first kappa shape index (κ1) is 15.5. The van der Waals surface area contributed by atoms with Crippen molar-refractivity contribution in [1.82, 2.24) is 4.98 Å². The number of nitrogens with zero attached hydrogens (tertiary/aromatic N) is 1. The third kappa shape index (κ3) is 3.84. The number of thiazole rings is 1. The number of nitrogens with one attached hydrogen (secondary N) is 1. The van der Waals surface area contributed by atoms with Crippen molar-refractivity contribution < 1.29 is 9.47 Å². The molecule has 0 radical (unpaired) electrons. The Morgan fingerprint density at radius 2 is 2.05 bits per heavy atom. The topological polar surface area (TPSA) is 43.4 Å². The van der Waals surface area contributed by atoms with Crippen LogP contribution in [0.3, 0.4) is 0 Å². The van der Waals surface area contributed by atoms with E-state index in [1.165, 1.54) is 11.3 Å². The molecule has 1 heterocycles. The fourth-order valence-corrected chi connectivity index (χ4v) is 2.86. The molecule has 7 heteroatoms. The maximum Gasteiger partial charge on any atom is 0.184 e. The van der Waals surface area contributed by atoms with Gasteiger partial charge in [-0.05, 0) is 18.2 Å². The van der Waals surface area contributed by atoms with Crippen LogP contribution >= 0.6 is 34.5 Å². The van der Waals surface area contributed by atoms with E-state index in [0.717, 1.165) is 16.1 Å². The highest BCUT2D eigenvalue weighted by molar-refractivity contribution is 7.15. The molecule has 0 aliphatic carbocycles. The lowest BCUT2D eigenvalue weighted by molar-refractivity contribution is -0.105. The van der Waals surface area contributed by atoms with E-state index in [1.54, 1.807) is 20.4 Å². The Morgan fingerprint density at radius 1 is 1.30 bits per heavy atom. The van der Waals surface area contributed by atoms with Crippen LogP contribution in [0.4, 0.5) is 5.69 Å². The zero-order valence-corrected chi connectivity index (χ0v) is 13.4. The third-order valence-corrected chi connectivity index (χ3v) is 4.13. The molecule has 0 bridgehead atoms. The van der Waals surface area contributed by atoms with Gasteiger partial charge in [-0.3, -0.25) is 0 Å². The van der Waals surface area contributed by atoms with Gasteiger partial charge in [0.15, 0.2) is 10.8 Å². The molecule has 0 aliphatic rings. The van der Waals surface area contributed by atoms with Crippen LogP contribution in [0, 0.1) is 0 Å². The Balaban J connectivity index is 2.10. The second-order valence-corrected chi connectivity index (χ2v) is 6.08. The number of halogens is 2. The lowest BCUT2D eigenvalue weighted by Crippen LogP contribution is -2.06. The molecule has 0 spiro atoms. The van der Waals surface area contributed by atoms with Crippen LogP contribution in [0.25, 0.3) is 0 Å². The summed E-state index contributed by atoms with van der Waals surface area (Å²) in [6.07, 6.45) is 1.27. The van der Waals surface area contributed by atoms with Crippen molar-refractivity contribution in [3.63, 3.8) is 0 Å². The van der Waals surface area contributed by atoms with E-state index in [2.05, 4.69) is 10.3 Å². The molecular weight excluding hydrogens is 319 g/mol. The molecule has 0 fully saturated rings. The summed E-state index contributed by atoms with van der Waals surface area (Å²) in [4.78, 5) is 5.06. The van der Waals surface area contributed by atoms with Crippen molar-refractivity contribution in [2.45, 2.75) is 12.8 Å². The summed E-state index contributed by atoms with van der Waals surface area (Å²) < 4.78 is 11.0. The van der Waals surface area contributed by atoms with Crippen LogP contribution in [-0.2, 0) is 16.0 Å². The summed E-state index contributed by atoms with van der Waals surface area (Å²) in [5, 5.41) is 3.89. The summed E-state index contributed by atoms with van der Waals surface area (Å²) in [7, 11) is 3.15. The van der Waals surface area contributed by atoms with E-state index in [-0.39, 0.29) is 0 Å². The minimum absolute atomic E-state index is 0.484. The molecule has 2 rings (SSSR count). The summed E-state index contributed by atoms with van der Waals surface area (Å²) in [5.74, 6) is 0. The second kappa shape index (κ2) is 7.24. The number of benzene rings is 1. The SMILES string of the molecule is COC(OC)c1cc(NCc2cnc(Cl)s2)ccc1Cl. The van der Waals surface area contributed by atoms with E-state index in [4.69, 9.17) is 32.7 Å². The van der Waals surface area contributed by atoms with Crippen LogP contribution in [0.5, 0.6) is 0 Å². The third-order valence-electron chi connectivity index (χ3n) is 2.67. The van der Waals surface area contributed by atoms with Gasteiger partial charge in [0.05, 0.1) is 6.54 Å². The van der Waals surface area contributed by atoms with E-state index in [0.29, 0.717) is 16.0 Å². The molecule has 1 N–H and O–H groups in total. The molecule has 0 unspecified atom stereocenters. The average Bonchev–Trinajstić information content (AvgIpc) is 2.86. The summed E-state index contributed by atoms with van der Waals surface area (Å²) in [6.45, 7) is 0.649. The zero-order chi connectivity index (χ0) is 14.5. The molecule has 1 aromatic heterocycles. The molecule has 0 amide bonds. The first-order valence-electron chi connectivity index (χ1n) is 5.83. The number of ether oxygens (including phenoxy) is 2. The molecule has 0 saturated carbocycles. The number of hydrogen-bond donors (Lipinski definition) is 1. The van der Waals surface area contributed by atoms with Gasteiger partial charge in [0.2, 0.25) is 0 Å². The number of anilines is 1. The van der Waals surface area contributed by atoms with Gasteiger partial charge in [0.1, 0.15) is 0 Å². The predicted molar refractivity (Wildman–Crippen MR) is 82.7 cm³/mol. The van der Waals surface area contributed by atoms with Crippen molar-refractivity contribution >= 4 is 40.2 Å². The molecule has 1 aromatic carbocycles. The number of methoxy groups -OCH3 is 2. The second-order valence-electron chi connectivity index (χ2n) is 3.97. The van der Waals surface area contributed by atoms with Gasteiger partial charge in [-0.1, -0.05) is 23.2 Å². The summed E-state index contributed by atoms with van der Waals surface area (Å²) >= 11 is 13.4. The van der Waals surface area contributed by atoms with E-state index in [9.17, 15) is 0 Å². The average molecular weight is 333 g/mol. The van der Waals surface area contributed by atoms with Gasteiger partial charge in [0.25, 0.3) is 0 Å². The van der Waals surface area contributed by atoms with Crippen LogP contribution in [0.15, 0.2) is 24.4 Å².